The van der Waals surface area contributed by atoms with Gasteiger partial charge in [0.05, 0.1) is 11.0 Å². The lowest BCUT2D eigenvalue weighted by molar-refractivity contribution is 0.598. The Balaban J connectivity index is 1.89. The van der Waals surface area contributed by atoms with Crippen LogP contribution in [0.5, 0.6) is 0 Å². The fraction of sp³-hybridized carbons (Fsp3) is 0.118. The Morgan fingerprint density at radius 3 is 1.65 bits per heavy atom. The summed E-state index contributed by atoms with van der Waals surface area (Å²) in [6.45, 7) is 6.76. The van der Waals surface area contributed by atoms with Gasteiger partial charge in [-0.2, -0.15) is 0 Å². The van der Waals surface area contributed by atoms with Crippen LogP contribution in [0.2, 0.25) is 0 Å². The largest absolute Gasteiger partial charge is 0.309 e. The van der Waals surface area contributed by atoms with Crippen molar-refractivity contribution in [2.75, 3.05) is 0 Å². The summed E-state index contributed by atoms with van der Waals surface area (Å²) in [6.07, 6.45) is 0. The van der Waals surface area contributed by atoms with Gasteiger partial charge in [-0.05, 0) is 57.5 Å². The molecule has 6 rings (SSSR count). The van der Waals surface area contributed by atoms with E-state index in [0.29, 0.717) is 16.5 Å². The SMILES string of the molecule is [B]c1c([B])c([B])c(-c2cccc3c2c2c(C(C)(C)C)c(-c4ccccc4)ccc2n3-c2ccccc2)c([B])c1[B]. The van der Waals surface area contributed by atoms with Gasteiger partial charge in [0.25, 0.3) is 0 Å². The van der Waals surface area contributed by atoms with Crippen LogP contribution in [-0.2, 0) is 5.41 Å². The summed E-state index contributed by atoms with van der Waals surface area (Å²) in [5.41, 5.74) is 9.36. The molecule has 0 saturated heterocycles. The van der Waals surface area contributed by atoms with Gasteiger partial charge in [-0.15, -0.1) is 16.4 Å². The van der Waals surface area contributed by atoms with E-state index >= 15 is 0 Å². The van der Waals surface area contributed by atoms with Gasteiger partial charge in [-0.3, -0.25) is 0 Å². The average molecular weight is 501 g/mol. The van der Waals surface area contributed by atoms with Crippen LogP contribution < -0.4 is 27.3 Å². The van der Waals surface area contributed by atoms with E-state index in [1.54, 1.807) is 0 Å². The molecule has 0 atom stereocenters. The summed E-state index contributed by atoms with van der Waals surface area (Å²) in [7, 11) is 32.1. The number of hydrogen-bond donors (Lipinski definition) is 0. The number of benzene rings is 5. The van der Waals surface area contributed by atoms with Crippen LogP contribution in [-0.4, -0.2) is 43.8 Å². The van der Waals surface area contributed by atoms with Crippen LogP contribution in [0.4, 0.5) is 0 Å². The first-order valence-electron chi connectivity index (χ1n) is 13.3. The molecule has 0 spiro atoms. The van der Waals surface area contributed by atoms with Crippen molar-refractivity contribution in [3.05, 3.63) is 96.6 Å². The molecule has 180 valence electrons. The summed E-state index contributed by atoms with van der Waals surface area (Å²) in [6, 6.07) is 31.5. The van der Waals surface area contributed by atoms with Crippen LogP contribution in [0, 0.1) is 0 Å². The van der Waals surface area contributed by atoms with E-state index in [-0.39, 0.29) is 21.8 Å². The third-order valence-electron chi connectivity index (χ3n) is 7.78. The van der Waals surface area contributed by atoms with E-state index < -0.39 is 0 Å². The predicted octanol–water partition coefficient (Wildman–Crippen LogP) is 3.38. The molecule has 6 heteroatoms. The van der Waals surface area contributed by atoms with E-state index in [4.69, 9.17) is 39.2 Å². The molecule has 0 N–H and O–H groups in total. The minimum absolute atomic E-state index is 0.205. The summed E-state index contributed by atoms with van der Waals surface area (Å²) in [5.74, 6) is 0. The Morgan fingerprint density at radius 2 is 1.05 bits per heavy atom. The molecule has 1 nitrogen and oxygen atoms in total. The molecule has 1 aromatic heterocycles. The third kappa shape index (κ3) is 4.00. The fourth-order valence-corrected chi connectivity index (χ4v) is 5.99. The van der Waals surface area contributed by atoms with Crippen molar-refractivity contribution >= 4 is 88.4 Å². The molecule has 10 radical (unpaired) electrons. The lowest BCUT2D eigenvalue weighted by Gasteiger charge is -2.26. The van der Waals surface area contributed by atoms with Crippen molar-refractivity contribution in [2.24, 2.45) is 0 Å². The van der Waals surface area contributed by atoms with E-state index in [1.807, 2.05) is 24.3 Å². The smallest absolute Gasteiger partial charge is 0.113 e. The Labute approximate surface area is 243 Å². The summed E-state index contributed by atoms with van der Waals surface area (Å²) < 4.78 is 2.30. The van der Waals surface area contributed by atoms with E-state index in [9.17, 15) is 0 Å². The van der Waals surface area contributed by atoms with E-state index in [1.165, 1.54) is 11.1 Å². The van der Waals surface area contributed by atoms with Gasteiger partial charge in [0.1, 0.15) is 39.2 Å². The Hall–Kier alpha value is -3.78. The number of rotatable bonds is 3. The summed E-state index contributed by atoms with van der Waals surface area (Å²) in [5, 5.41) is 2.17. The van der Waals surface area contributed by atoms with Crippen molar-refractivity contribution in [1.29, 1.82) is 0 Å². The second kappa shape index (κ2) is 9.70. The molecule has 0 saturated carbocycles. The van der Waals surface area contributed by atoms with Crippen LogP contribution in [0.15, 0.2) is 91.0 Å². The van der Waals surface area contributed by atoms with E-state index in [2.05, 4.69) is 92.1 Å². The van der Waals surface area contributed by atoms with Crippen molar-refractivity contribution < 1.29 is 0 Å². The lowest BCUT2D eigenvalue weighted by Crippen LogP contribution is -2.55. The van der Waals surface area contributed by atoms with Gasteiger partial charge in [-0.25, -0.2) is 0 Å². The Morgan fingerprint density at radius 1 is 0.500 bits per heavy atom. The van der Waals surface area contributed by atoms with Crippen LogP contribution in [0.3, 0.4) is 0 Å². The highest BCUT2D eigenvalue weighted by atomic mass is 15.0. The van der Waals surface area contributed by atoms with Gasteiger partial charge < -0.3 is 4.57 Å². The maximum Gasteiger partial charge on any atom is 0.113 e. The monoisotopic (exact) mass is 501 g/mol. The molecular weight excluding hydrogens is 476 g/mol. The molecule has 0 fully saturated rings. The molecule has 6 aromatic rings. The van der Waals surface area contributed by atoms with Gasteiger partial charge in [0.15, 0.2) is 0 Å². The zero-order valence-electron chi connectivity index (χ0n) is 23.0. The second-order valence-electron chi connectivity index (χ2n) is 11.3. The molecule has 40 heavy (non-hydrogen) atoms. The normalized spacial score (nSPS) is 11.9. The van der Waals surface area contributed by atoms with Crippen LogP contribution >= 0.6 is 0 Å². The van der Waals surface area contributed by atoms with Crippen molar-refractivity contribution in [3.63, 3.8) is 0 Å². The number of aromatic nitrogens is 1. The Bertz CT molecular complexity index is 1890. The molecule has 0 aliphatic heterocycles. The average Bonchev–Trinajstić information content (AvgIpc) is 3.30. The first-order chi connectivity index (χ1) is 19.1. The maximum atomic E-state index is 6.64. The second-order valence-corrected chi connectivity index (χ2v) is 11.3. The zero-order valence-corrected chi connectivity index (χ0v) is 23.0. The van der Waals surface area contributed by atoms with Crippen molar-refractivity contribution in [3.8, 4) is 27.9 Å². The minimum atomic E-state index is -0.205. The number of nitrogens with zero attached hydrogens (tertiary/aromatic N) is 1. The van der Waals surface area contributed by atoms with Crippen molar-refractivity contribution in [1.82, 2.24) is 4.57 Å². The first kappa shape index (κ1) is 26.4. The summed E-state index contributed by atoms with van der Waals surface area (Å²) >= 11 is 0. The Kier molecular flexibility index (Phi) is 6.41. The summed E-state index contributed by atoms with van der Waals surface area (Å²) in [4.78, 5) is 0. The standard InChI is InChI=1S/C34H24B5N/c1-34(2,3)28-21(19-11-6-4-7-12-19)17-18-24-27(28)25-22(26-29(35)31(37)33(39)32(38)30(26)36)15-10-16-23(25)40(24)20-13-8-5-9-14-20/h4-18H,1-3H3. The van der Waals surface area contributed by atoms with Gasteiger partial charge >= 0.3 is 0 Å². The van der Waals surface area contributed by atoms with Gasteiger partial charge in [0, 0.05) is 16.5 Å². The lowest BCUT2D eigenvalue weighted by atomic mass is 9.59. The van der Waals surface area contributed by atoms with Gasteiger partial charge in [0.2, 0.25) is 0 Å². The maximum absolute atomic E-state index is 6.64. The molecule has 1 heterocycles. The first-order valence-corrected chi connectivity index (χ1v) is 13.3. The van der Waals surface area contributed by atoms with Crippen LogP contribution in [0.1, 0.15) is 26.3 Å². The molecule has 0 aliphatic rings. The highest BCUT2D eigenvalue weighted by Crippen LogP contribution is 2.46. The fourth-order valence-electron chi connectivity index (χ4n) is 5.99. The van der Waals surface area contributed by atoms with E-state index in [0.717, 1.165) is 38.6 Å². The number of fused-ring (bicyclic) bond motifs is 3. The highest BCUT2D eigenvalue weighted by Gasteiger charge is 2.28. The molecular formula is C34H24B5N. The molecule has 0 unspecified atom stereocenters. The quantitative estimate of drug-likeness (QED) is 0.329. The minimum Gasteiger partial charge on any atom is -0.309 e. The van der Waals surface area contributed by atoms with Crippen LogP contribution in [0.25, 0.3) is 49.7 Å². The highest BCUT2D eigenvalue weighted by molar-refractivity contribution is 6.69. The third-order valence-corrected chi connectivity index (χ3v) is 7.78. The topological polar surface area (TPSA) is 4.93 Å². The number of para-hydroxylation sites is 1. The van der Waals surface area contributed by atoms with Gasteiger partial charge in [-0.1, -0.05) is 98.4 Å². The van der Waals surface area contributed by atoms with Crippen molar-refractivity contribution in [2.45, 2.75) is 26.2 Å². The zero-order chi connectivity index (χ0) is 28.3. The number of hydrogen-bond acceptors (Lipinski definition) is 0. The predicted molar refractivity (Wildman–Crippen MR) is 177 cm³/mol. The molecule has 0 aliphatic carbocycles. The molecule has 0 bridgehead atoms. The molecule has 5 aromatic carbocycles. The molecule has 0 amide bonds.